The second-order valence-electron chi connectivity index (χ2n) is 5.19. The summed E-state index contributed by atoms with van der Waals surface area (Å²) in [5.41, 5.74) is 2.06. The highest BCUT2D eigenvalue weighted by Gasteiger charge is 2.03. The highest BCUT2D eigenvalue weighted by Crippen LogP contribution is 2.28. The van der Waals surface area contributed by atoms with Gasteiger partial charge in [-0.1, -0.05) is 43.7 Å². The fourth-order valence-electron chi connectivity index (χ4n) is 2.01. The van der Waals surface area contributed by atoms with Gasteiger partial charge in [0.2, 0.25) is 0 Å². The van der Waals surface area contributed by atoms with Crippen molar-refractivity contribution >= 4 is 18.1 Å². The van der Waals surface area contributed by atoms with Crippen molar-refractivity contribution in [2.45, 2.75) is 19.8 Å². The molecule has 2 aromatic carbocycles. The van der Waals surface area contributed by atoms with Gasteiger partial charge in [0.15, 0.2) is 11.5 Å². The molecule has 0 aliphatic rings. The minimum Gasteiger partial charge on any atom is -0.504 e. The third-order valence-corrected chi connectivity index (χ3v) is 3.37. The zero-order valence-corrected chi connectivity index (χ0v) is 13.0. The van der Waals surface area contributed by atoms with Crippen LogP contribution < -0.4 is 4.74 Å². The average Bonchev–Trinajstić information content (AvgIpc) is 2.56. The second kappa shape index (κ2) is 8.03. The van der Waals surface area contributed by atoms with Gasteiger partial charge in [0.25, 0.3) is 0 Å². The molecule has 2 N–H and O–H groups in total. The lowest BCUT2D eigenvalue weighted by Gasteiger charge is -2.08. The standard InChI is InChI=1S/C19H20O4/c1-2-3-12-23-18-13-15(8-11-17(18)20)5-4-14-6-9-16(10-7-14)19(21)22/h4-11,13,20H,2-3,12H2,1H3,(H,21,22). The van der Waals surface area contributed by atoms with Crippen molar-refractivity contribution in [2.24, 2.45) is 0 Å². The molecule has 0 saturated carbocycles. The van der Waals surface area contributed by atoms with Gasteiger partial charge in [0, 0.05) is 0 Å². The average molecular weight is 312 g/mol. The van der Waals surface area contributed by atoms with Crippen LogP contribution in [0.15, 0.2) is 42.5 Å². The van der Waals surface area contributed by atoms with Gasteiger partial charge in [-0.25, -0.2) is 4.79 Å². The van der Waals surface area contributed by atoms with Crippen LogP contribution in [0.25, 0.3) is 12.2 Å². The molecule has 4 heteroatoms. The topological polar surface area (TPSA) is 66.8 Å². The summed E-state index contributed by atoms with van der Waals surface area (Å²) in [4.78, 5) is 10.8. The predicted molar refractivity (Wildman–Crippen MR) is 90.8 cm³/mol. The summed E-state index contributed by atoms with van der Waals surface area (Å²) in [7, 11) is 0. The number of carboxylic acids is 1. The van der Waals surface area contributed by atoms with E-state index in [9.17, 15) is 9.90 Å². The molecule has 0 aromatic heterocycles. The van der Waals surface area contributed by atoms with E-state index in [-0.39, 0.29) is 11.3 Å². The zero-order valence-electron chi connectivity index (χ0n) is 13.0. The van der Waals surface area contributed by atoms with Crippen LogP contribution in [-0.2, 0) is 0 Å². The number of aromatic carboxylic acids is 1. The monoisotopic (exact) mass is 312 g/mol. The number of hydrogen-bond donors (Lipinski definition) is 2. The van der Waals surface area contributed by atoms with E-state index in [2.05, 4.69) is 6.92 Å². The number of carboxylic acid groups (broad SMARTS) is 1. The van der Waals surface area contributed by atoms with E-state index in [1.54, 1.807) is 42.5 Å². The molecule has 23 heavy (non-hydrogen) atoms. The summed E-state index contributed by atoms with van der Waals surface area (Å²) in [6.45, 7) is 2.66. The first-order valence-corrected chi connectivity index (χ1v) is 7.57. The smallest absolute Gasteiger partial charge is 0.335 e. The molecule has 2 rings (SSSR count). The summed E-state index contributed by atoms with van der Waals surface area (Å²) in [5.74, 6) is -0.334. The lowest BCUT2D eigenvalue weighted by Crippen LogP contribution is -1.96. The summed E-state index contributed by atoms with van der Waals surface area (Å²) >= 11 is 0. The maximum absolute atomic E-state index is 10.8. The fourth-order valence-corrected chi connectivity index (χ4v) is 2.01. The number of aromatic hydroxyl groups is 1. The van der Waals surface area contributed by atoms with Crippen LogP contribution in [0.2, 0.25) is 0 Å². The van der Waals surface area contributed by atoms with Gasteiger partial charge < -0.3 is 14.9 Å². The molecule has 0 amide bonds. The van der Waals surface area contributed by atoms with Gasteiger partial charge in [-0.3, -0.25) is 0 Å². The number of phenolic OH excluding ortho intramolecular Hbond substituents is 1. The number of phenols is 1. The molecule has 0 unspecified atom stereocenters. The van der Waals surface area contributed by atoms with E-state index in [4.69, 9.17) is 9.84 Å². The first kappa shape index (κ1) is 16.6. The summed E-state index contributed by atoms with van der Waals surface area (Å²) in [6.07, 6.45) is 5.75. The van der Waals surface area contributed by atoms with Gasteiger partial charge in [-0.05, 0) is 41.8 Å². The molecular weight excluding hydrogens is 292 g/mol. The van der Waals surface area contributed by atoms with Crippen molar-refractivity contribution in [3.05, 3.63) is 59.2 Å². The third-order valence-electron chi connectivity index (χ3n) is 3.37. The van der Waals surface area contributed by atoms with Crippen molar-refractivity contribution in [2.75, 3.05) is 6.61 Å². The Bertz CT molecular complexity index is 687. The Kier molecular flexibility index (Phi) is 5.80. The Morgan fingerprint density at radius 1 is 1.09 bits per heavy atom. The fraction of sp³-hybridized carbons (Fsp3) is 0.211. The van der Waals surface area contributed by atoms with Crippen LogP contribution in [0.5, 0.6) is 11.5 Å². The lowest BCUT2D eigenvalue weighted by molar-refractivity contribution is 0.0697. The molecule has 2 aromatic rings. The Morgan fingerprint density at radius 3 is 2.39 bits per heavy atom. The second-order valence-corrected chi connectivity index (χ2v) is 5.19. The summed E-state index contributed by atoms with van der Waals surface area (Å²) in [6, 6.07) is 11.8. The Balaban J connectivity index is 2.09. The molecule has 4 nitrogen and oxygen atoms in total. The summed E-state index contributed by atoms with van der Waals surface area (Å²) in [5, 5.41) is 18.7. The Morgan fingerprint density at radius 2 is 1.74 bits per heavy atom. The largest absolute Gasteiger partial charge is 0.504 e. The number of hydrogen-bond acceptors (Lipinski definition) is 3. The molecule has 0 radical (unpaired) electrons. The molecule has 120 valence electrons. The van der Waals surface area contributed by atoms with Gasteiger partial charge in [0.05, 0.1) is 12.2 Å². The van der Waals surface area contributed by atoms with Gasteiger partial charge in [-0.15, -0.1) is 0 Å². The van der Waals surface area contributed by atoms with Crippen LogP contribution in [0, 0.1) is 0 Å². The molecule has 0 aliphatic heterocycles. The minimum atomic E-state index is -0.937. The number of rotatable bonds is 7. The number of carbonyl (C=O) groups is 1. The first-order valence-electron chi connectivity index (χ1n) is 7.57. The lowest BCUT2D eigenvalue weighted by atomic mass is 10.1. The molecule has 0 fully saturated rings. The molecule has 0 atom stereocenters. The van der Waals surface area contributed by atoms with Gasteiger partial charge >= 0.3 is 5.97 Å². The van der Waals surface area contributed by atoms with Crippen LogP contribution in [0.4, 0.5) is 0 Å². The molecule has 0 heterocycles. The molecule has 0 bridgehead atoms. The van der Waals surface area contributed by atoms with Crippen LogP contribution in [0.3, 0.4) is 0 Å². The highest BCUT2D eigenvalue weighted by atomic mass is 16.5. The molecule has 0 aliphatic carbocycles. The van der Waals surface area contributed by atoms with Crippen LogP contribution in [-0.4, -0.2) is 22.8 Å². The maximum Gasteiger partial charge on any atom is 0.335 e. The van der Waals surface area contributed by atoms with Crippen LogP contribution >= 0.6 is 0 Å². The van der Waals surface area contributed by atoms with Crippen molar-refractivity contribution in [1.29, 1.82) is 0 Å². The Labute approximate surface area is 135 Å². The van der Waals surface area contributed by atoms with E-state index in [0.29, 0.717) is 12.4 Å². The van der Waals surface area contributed by atoms with E-state index >= 15 is 0 Å². The third kappa shape index (κ3) is 4.88. The van der Waals surface area contributed by atoms with Crippen molar-refractivity contribution in [3.63, 3.8) is 0 Å². The number of unbranched alkanes of at least 4 members (excludes halogenated alkanes) is 1. The number of ether oxygens (including phenoxy) is 1. The van der Waals surface area contributed by atoms with Crippen molar-refractivity contribution in [1.82, 2.24) is 0 Å². The quantitative estimate of drug-likeness (QED) is 0.586. The van der Waals surface area contributed by atoms with Crippen LogP contribution in [0.1, 0.15) is 41.3 Å². The van der Waals surface area contributed by atoms with E-state index in [0.717, 1.165) is 24.0 Å². The van der Waals surface area contributed by atoms with Gasteiger partial charge in [0.1, 0.15) is 0 Å². The minimum absolute atomic E-state index is 0.129. The predicted octanol–water partition coefficient (Wildman–Crippen LogP) is 4.44. The van der Waals surface area contributed by atoms with E-state index < -0.39 is 5.97 Å². The number of benzene rings is 2. The summed E-state index contributed by atoms with van der Waals surface area (Å²) < 4.78 is 5.56. The SMILES string of the molecule is CCCCOc1cc(C=Cc2ccc(C(=O)O)cc2)ccc1O. The first-order chi connectivity index (χ1) is 11.1. The molecule has 0 saturated heterocycles. The highest BCUT2D eigenvalue weighted by molar-refractivity contribution is 5.88. The molecule has 0 spiro atoms. The normalized spacial score (nSPS) is 10.8. The van der Waals surface area contributed by atoms with Crippen molar-refractivity contribution in [3.8, 4) is 11.5 Å². The molecular formula is C19H20O4. The Hall–Kier alpha value is -2.75. The van der Waals surface area contributed by atoms with E-state index in [1.807, 2.05) is 12.2 Å². The van der Waals surface area contributed by atoms with Crippen molar-refractivity contribution < 1.29 is 19.7 Å². The van der Waals surface area contributed by atoms with Gasteiger partial charge in [-0.2, -0.15) is 0 Å². The zero-order chi connectivity index (χ0) is 16.7. The maximum atomic E-state index is 10.8. The van der Waals surface area contributed by atoms with E-state index in [1.165, 1.54) is 0 Å².